The summed E-state index contributed by atoms with van der Waals surface area (Å²) in [5, 5.41) is 3.78. The van der Waals surface area contributed by atoms with Crippen molar-refractivity contribution in [2.24, 2.45) is 5.10 Å². The van der Waals surface area contributed by atoms with E-state index in [-0.39, 0.29) is 31.6 Å². The summed E-state index contributed by atoms with van der Waals surface area (Å²) in [5.74, 6) is -1.06. The number of alkyl halides is 2. The number of ether oxygens (including phenoxy) is 1. The molecule has 3 heterocycles. The topological polar surface area (TPSA) is 109 Å². The van der Waals surface area contributed by atoms with E-state index in [0.717, 1.165) is 17.7 Å². The number of sulfonamides is 1. The number of benzene rings is 1. The van der Waals surface area contributed by atoms with Crippen LogP contribution in [0.5, 0.6) is 0 Å². The summed E-state index contributed by atoms with van der Waals surface area (Å²) in [4.78, 5) is 17.5. The smallest absolute Gasteiger partial charge is 0.361 e. The first-order valence-corrected chi connectivity index (χ1v) is 13.2. The van der Waals surface area contributed by atoms with E-state index in [1.165, 1.54) is 12.1 Å². The van der Waals surface area contributed by atoms with Crippen molar-refractivity contribution in [1.29, 1.82) is 0 Å². The zero-order valence-corrected chi connectivity index (χ0v) is 22.0. The number of aromatic nitrogens is 2. The van der Waals surface area contributed by atoms with Gasteiger partial charge in [-0.15, -0.1) is 5.10 Å². The predicted molar refractivity (Wildman–Crippen MR) is 135 cm³/mol. The molecule has 0 fully saturated rings. The zero-order chi connectivity index (χ0) is 27.8. The van der Waals surface area contributed by atoms with Crippen molar-refractivity contribution in [3.8, 4) is 0 Å². The Balaban J connectivity index is 1.51. The molecule has 0 aliphatic carbocycles. The first kappa shape index (κ1) is 27.2. The van der Waals surface area contributed by atoms with E-state index in [1.54, 1.807) is 10.5 Å². The number of nitrogens with one attached hydrogen (secondary N) is 1. The van der Waals surface area contributed by atoms with E-state index >= 15 is 4.39 Å². The highest BCUT2D eigenvalue weighted by Crippen LogP contribution is 2.29. The molecule has 1 N–H and O–H groups in total. The van der Waals surface area contributed by atoms with Crippen LogP contribution in [0, 0.1) is 12.7 Å². The van der Waals surface area contributed by atoms with Crippen LogP contribution in [0.25, 0.3) is 5.65 Å². The molecule has 0 atom stereocenters. The Morgan fingerprint density at radius 1 is 1.21 bits per heavy atom. The van der Waals surface area contributed by atoms with Crippen LogP contribution in [0.1, 0.15) is 41.2 Å². The van der Waals surface area contributed by atoms with Crippen molar-refractivity contribution in [3.63, 3.8) is 0 Å². The van der Waals surface area contributed by atoms with E-state index in [9.17, 15) is 22.0 Å². The molecule has 38 heavy (non-hydrogen) atoms. The molecule has 0 bridgehead atoms. The third kappa shape index (κ3) is 4.99. The number of imidazole rings is 1. The van der Waals surface area contributed by atoms with Crippen LogP contribution >= 0.6 is 0 Å². The largest absolute Gasteiger partial charge is 0.467 e. The summed E-state index contributed by atoms with van der Waals surface area (Å²) >= 11 is 0. The Morgan fingerprint density at radius 2 is 1.95 bits per heavy atom. The summed E-state index contributed by atoms with van der Waals surface area (Å²) in [6.45, 7) is 3.49. The molecule has 2 aromatic heterocycles. The molecule has 1 aliphatic rings. The average molecular weight is 553 g/mol. The van der Waals surface area contributed by atoms with Crippen molar-refractivity contribution in [3.05, 3.63) is 64.9 Å². The fourth-order valence-corrected chi connectivity index (χ4v) is 5.07. The third-order valence-electron chi connectivity index (χ3n) is 5.99. The maximum Gasteiger partial charge on any atom is 0.361 e. The molecule has 0 radical (unpaired) electrons. The number of pyridine rings is 1. The Labute approximate surface area is 217 Å². The fourth-order valence-electron chi connectivity index (χ4n) is 4.04. The van der Waals surface area contributed by atoms with Crippen molar-refractivity contribution in [2.75, 3.05) is 25.2 Å². The van der Waals surface area contributed by atoms with Crippen LogP contribution in [-0.4, -0.2) is 59.5 Å². The number of amides is 1. The number of hydrazone groups is 1. The number of methoxy groups -OCH3 is 1. The number of fused-ring (bicyclic) bond motifs is 1. The van der Waals surface area contributed by atoms with Gasteiger partial charge in [0.25, 0.3) is 5.91 Å². The molecule has 0 unspecified atom stereocenters. The molecule has 0 spiro atoms. The minimum Gasteiger partial charge on any atom is -0.467 e. The summed E-state index contributed by atoms with van der Waals surface area (Å²) < 4.78 is 73.6. The second-order valence-corrected chi connectivity index (χ2v) is 10.9. The van der Waals surface area contributed by atoms with Gasteiger partial charge >= 0.3 is 21.3 Å². The number of carbonyl (C=O) groups is 1. The molecule has 3 aromatic rings. The van der Waals surface area contributed by atoms with Crippen molar-refractivity contribution < 1.29 is 31.1 Å². The van der Waals surface area contributed by atoms with E-state index < -0.39 is 33.7 Å². The number of carbonyl (C=O) groups excluding carboxylic acids is 1. The van der Waals surface area contributed by atoms with E-state index in [0.29, 0.717) is 33.3 Å². The highest BCUT2D eigenvalue weighted by Gasteiger charge is 2.47. The molecule has 204 valence electrons. The summed E-state index contributed by atoms with van der Waals surface area (Å²) in [6.07, 6.45) is 2.38. The Morgan fingerprint density at radius 3 is 2.58 bits per heavy atom. The first-order valence-electron chi connectivity index (χ1n) is 11.7. The van der Waals surface area contributed by atoms with E-state index in [2.05, 4.69) is 15.4 Å². The average Bonchev–Trinajstić information content (AvgIpc) is 3.24. The number of nitrogens with zero attached hydrogens (tertiary/aromatic N) is 5. The van der Waals surface area contributed by atoms with Crippen molar-refractivity contribution >= 4 is 33.3 Å². The van der Waals surface area contributed by atoms with Crippen molar-refractivity contribution in [2.45, 2.75) is 39.0 Å². The van der Waals surface area contributed by atoms with Gasteiger partial charge in [0.15, 0.2) is 0 Å². The maximum atomic E-state index is 15.0. The van der Waals surface area contributed by atoms with Crippen molar-refractivity contribution in [1.82, 2.24) is 19.0 Å². The molecule has 10 nitrogen and oxygen atoms in total. The Hall–Kier alpha value is -3.81. The van der Waals surface area contributed by atoms with Gasteiger partial charge in [0.2, 0.25) is 0 Å². The number of rotatable bonds is 7. The van der Waals surface area contributed by atoms with Crippen LogP contribution in [0.2, 0.25) is 0 Å². The lowest BCUT2D eigenvalue weighted by Gasteiger charge is -2.33. The standard InChI is InChI=1S/C24H27F3N6O4S/c1-5-18-21(31-14-15(2)6-9-20(31)29-18)22(34)28-13-16-7-8-19(17(25)12-16)32-10-11-33(23(30-32)37-4)38(35,36)24(3,26)27/h6-9,12,14H,5,10-11,13H2,1-4H3,(H,28,34). The minimum absolute atomic E-state index is 0.0135. The van der Waals surface area contributed by atoms with Gasteiger partial charge < -0.3 is 10.1 Å². The van der Waals surface area contributed by atoms with Gasteiger partial charge in [-0.1, -0.05) is 19.1 Å². The van der Waals surface area contributed by atoms with Gasteiger partial charge in [0.05, 0.1) is 31.6 Å². The normalized spacial score (nSPS) is 14.6. The summed E-state index contributed by atoms with van der Waals surface area (Å²) in [7, 11) is -3.98. The monoisotopic (exact) mass is 552 g/mol. The van der Waals surface area contributed by atoms with Gasteiger partial charge in [0, 0.05) is 19.7 Å². The Bertz CT molecular complexity index is 1520. The molecule has 4 rings (SSSR count). The van der Waals surface area contributed by atoms with Crippen LogP contribution in [0.15, 0.2) is 41.6 Å². The number of anilines is 1. The first-order chi connectivity index (χ1) is 17.9. The van der Waals surface area contributed by atoms with Gasteiger partial charge in [-0.2, -0.15) is 17.2 Å². The maximum absolute atomic E-state index is 15.0. The zero-order valence-electron chi connectivity index (χ0n) is 21.2. The summed E-state index contributed by atoms with van der Waals surface area (Å²) in [5.41, 5.74) is 3.12. The van der Waals surface area contributed by atoms with Crippen LogP contribution in [0.3, 0.4) is 0 Å². The lowest BCUT2D eigenvalue weighted by molar-refractivity contribution is 0.0943. The van der Waals surface area contributed by atoms with Crippen LogP contribution in [0.4, 0.5) is 18.9 Å². The quantitative estimate of drug-likeness (QED) is 0.482. The molecule has 0 saturated carbocycles. The predicted octanol–water partition coefficient (Wildman–Crippen LogP) is 3.26. The van der Waals surface area contributed by atoms with Gasteiger partial charge in [-0.25, -0.2) is 13.7 Å². The van der Waals surface area contributed by atoms with Gasteiger partial charge in [0.1, 0.15) is 17.2 Å². The minimum atomic E-state index is -5.06. The second kappa shape index (κ2) is 10.2. The molecule has 1 amide bonds. The van der Waals surface area contributed by atoms with E-state index in [4.69, 9.17) is 4.74 Å². The fraction of sp³-hybridized carbons (Fsp3) is 0.375. The molecular weight excluding hydrogens is 525 g/mol. The molecule has 0 saturated heterocycles. The summed E-state index contributed by atoms with van der Waals surface area (Å²) in [6, 6.07) is 7.32. The second-order valence-electron chi connectivity index (χ2n) is 8.76. The highest BCUT2D eigenvalue weighted by molar-refractivity contribution is 7.90. The highest BCUT2D eigenvalue weighted by atomic mass is 32.2. The molecule has 1 aromatic carbocycles. The lowest BCUT2D eigenvalue weighted by Crippen LogP contribution is -2.51. The number of amidine groups is 1. The SMILES string of the molecule is CCc1nc2ccc(C)cn2c1C(=O)NCc1ccc(N2CCN(S(=O)(=O)C(C)(F)F)C(OC)=N2)c(F)c1. The number of hydrogen-bond acceptors (Lipinski definition) is 7. The Kier molecular flexibility index (Phi) is 7.28. The van der Waals surface area contributed by atoms with Crippen LogP contribution in [-0.2, 0) is 27.7 Å². The number of aryl methyl sites for hydroxylation is 2. The van der Waals surface area contributed by atoms with Gasteiger partial charge in [-0.3, -0.25) is 14.2 Å². The molecular formula is C24H27F3N6O4S. The van der Waals surface area contributed by atoms with E-state index in [1.807, 2.05) is 32.2 Å². The molecule has 14 heteroatoms. The molecule has 1 aliphatic heterocycles. The lowest BCUT2D eigenvalue weighted by atomic mass is 10.1. The third-order valence-corrected chi connectivity index (χ3v) is 7.82. The van der Waals surface area contributed by atoms with Crippen LogP contribution < -0.4 is 10.3 Å². The number of halogens is 3. The van der Waals surface area contributed by atoms with Gasteiger partial charge in [-0.05, 0) is 42.7 Å². The number of hydrogen-bond donors (Lipinski definition) is 1.